The van der Waals surface area contributed by atoms with E-state index in [1.54, 1.807) is 12.1 Å². The third kappa shape index (κ3) is 5.51. The van der Waals surface area contributed by atoms with Crippen LogP contribution >= 0.6 is 0 Å². The van der Waals surface area contributed by atoms with E-state index in [4.69, 9.17) is 4.74 Å². The van der Waals surface area contributed by atoms with E-state index in [1.807, 2.05) is 61.5 Å². The molecule has 0 aliphatic carbocycles. The number of nitrogens with one attached hydrogen (secondary N) is 1. The van der Waals surface area contributed by atoms with Gasteiger partial charge in [0.05, 0.1) is 29.1 Å². The van der Waals surface area contributed by atoms with E-state index in [0.29, 0.717) is 6.54 Å². The van der Waals surface area contributed by atoms with Crippen LogP contribution in [0.25, 0.3) is 11.0 Å². The van der Waals surface area contributed by atoms with Crippen molar-refractivity contribution in [2.75, 3.05) is 6.61 Å². The fraction of sp³-hybridized carbons (Fsp3) is 0.200. The predicted octanol–water partition coefficient (Wildman–Crippen LogP) is 3.34. The third-order valence-electron chi connectivity index (χ3n) is 5.41. The minimum atomic E-state index is -4.05. The van der Waals surface area contributed by atoms with E-state index < -0.39 is 22.0 Å². The number of aryl methyl sites for hydroxylation is 1. The molecular weight excluding hydrogens is 454 g/mol. The van der Waals surface area contributed by atoms with Gasteiger partial charge in [-0.15, -0.1) is 0 Å². The Morgan fingerprint density at radius 2 is 1.68 bits per heavy atom. The van der Waals surface area contributed by atoms with Crippen LogP contribution in [0.5, 0.6) is 0 Å². The summed E-state index contributed by atoms with van der Waals surface area (Å²) in [5.74, 6) is -0.449. The highest BCUT2D eigenvalue weighted by molar-refractivity contribution is 7.89. The maximum atomic E-state index is 12.8. The number of nitrogens with zero attached hydrogens (tertiary/aromatic N) is 2. The first-order valence-corrected chi connectivity index (χ1v) is 12.2. The third-order valence-corrected chi connectivity index (χ3v) is 6.90. The SMILES string of the molecule is Cc1nc2ccccc2n1Cc1ccc(S(=O)(=O)N[C@@H](COCc2ccccc2)C(=O)O)cc1. The second-order valence-electron chi connectivity index (χ2n) is 7.89. The average molecular weight is 480 g/mol. The largest absolute Gasteiger partial charge is 0.480 e. The van der Waals surface area contributed by atoms with Gasteiger partial charge in [-0.3, -0.25) is 4.79 Å². The summed E-state index contributed by atoms with van der Waals surface area (Å²) >= 11 is 0. The molecule has 1 atom stereocenters. The molecule has 4 aromatic rings. The predicted molar refractivity (Wildman–Crippen MR) is 128 cm³/mol. The maximum Gasteiger partial charge on any atom is 0.324 e. The molecule has 0 saturated carbocycles. The van der Waals surface area contributed by atoms with Crippen molar-refractivity contribution in [2.24, 2.45) is 0 Å². The molecule has 2 N–H and O–H groups in total. The van der Waals surface area contributed by atoms with Crippen LogP contribution in [0.2, 0.25) is 0 Å². The van der Waals surface area contributed by atoms with Gasteiger partial charge in [0, 0.05) is 6.54 Å². The topological polar surface area (TPSA) is 111 Å². The van der Waals surface area contributed by atoms with Gasteiger partial charge in [-0.05, 0) is 42.3 Å². The van der Waals surface area contributed by atoms with Crippen LogP contribution in [-0.4, -0.2) is 41.7 Å². The minimum Gasteiger partial charge on any atom is -0.480 e. The summed E-state index contributed by atoms with van der Waals surface area (Å²) in [6, 6.07) is 22.0. The van der Waals surface area contributed by atoms with Crippen LogP contribution < -0.4 is 4.72 Å². The molecule has 34 heavy (non-hydrogen) atoms. The summed E-state index contributed by atoms with van der Waals surface area (Å²) in [5, 5.41) is 9.47. The Morgan fingerprint density at radius 1 is 1.00 bits per heavy atom. The molecule has 0 bridgehead atoms. The molecule has 176 valence electrons. The van der Waals surface area contributed by atoms with E-state index in [9.17, 15) is 18.3 Å². The van der Waals surface area contributed by atoms with E-state index in [-0.39, 0.29) is 18.1 Å². The second kappa shape index (κ2) is 10.2. The number of hydrogen-bond donors (Lipinski definition) is 2. The Kier molecular flexibility index (Phi) is 7.06. The molecule has 1 heterocycles. The van der Waals surface area contributed by atoms with Crippen molar-refractivity contribution < 1.29 is 23.1 Å². The molecule has 0 radical (unpaired) electrons. The Labute approximate surface area is 197 Å². The summed E-state index contributed by atoms with van der Waals surface area (Å²) in [6.45, 7) is 2.34. The number of sulfonamides is 1. The Morgan fingerprint density at radius 3 is 2.38 bits per heavy atom. The number of aromatic nitrogens is 2. The molecule has 3 aromatic carbocycles. The molecule has 0 amide bonds. The first-order chi connectivity index (χ1) is 16.3. The molecule has 4 rings (SSSR count). The number of aliphatic carboxylic acids is 1. The van der Waals surface area contributed by atoms with E-state index in [1.165, 1.54) is 12.1 Å². The van der Waals surface area contributed by atoms with E-state index in [2.05, 4.69) is 14.3 Å². The zero-order chi connectivity index (χ0) is 24.1. The zero-order valence-electron chi connectivity index (χ0n) is 18.6. The van der Waals surface area contributed by atoms with Gasteiger partial charge in [0.1, 0.15) is 11.9 Å². The Hall–Kier alpha value is -3.53. The number of rotatable bonds is 10. The molecule has 8 nitrogen and oxygen atoms in total. The van der Waals surface area contributed by atoms with Crippen molar-refractivity contribution in [3.05, 3.63) is 95.8 Å². The molecular formula is C25H25N3O5S. The lowest BCUT2D eigenvalue weighted by Crippen LogP contribution is -2.43. The Bertz CT molecular complexity index is 1380. The lowest BCUT2D eigenvalue weighted by Gasteiger charge is -2.15. The second-order valence-corrected chi connectivity index (χ2v) is 9.60. The zero-order valence-corrected chi connectivity index (χ0v) is 19.4. The van der Waals surface area contributed by atoms with Crippen LogP contribution in [0.4, 0.5) is 0 Å². The summed E-state index contributed by atoms with van der Waals surface area (Å²) < 4.78 is 35.3. The smallest absolute Gasteiger partial charge is 0.324 e. The number of para-hydroxylation sites is 2. The van der Waals surface area contributed by atoms with Gasteiger partial charge in [-0.25, -0.2) is 13.4 Å². The highest BCUT2D eigenvalue weighted by Gasteiger charge is 2.25. The summed E-state index contributed by atoms with van der Waals surface area (Å²) in [4.78, 5) is 16.1. The summed E-state index contributed by atoms with van der Waals surface area (Å²) in [7, 11) is -4.05. The van der Waals surface area contributed by atoms with Gasteiger partial charge in [-0.2, -0.15) is 4.72 Å². The Balaban J connectivity index is 1.43. The normalized spacial score (nSPS) is 12.6. The number of carbonyl (C=O) groups is 1. The molecule has 9 heteroatoms. The minimum absolute atomic E-state index is 0.0160. The van der Waals surface area contributed by atoms with Crippen molar-refractivity contribution in [3.63, 3.8) is 0 Å². The van der Waals surface area contributed by atoms with Crippen molar-refractivity contribution in [1.82, 2.24) is 14.3 Å². The highest BCUT2D eigenvalue weighted by Crippen LogP contribution is 2.19. The van der Waals surface area contributed by atoms with Gasteiger partial charge < -0.3 is 14.4 Å². The van der Waals surface area contributed by atoms with E-state index >= 15 is 0 Å². The molecule has 0 spiro atoms. The number of carboxylic acids is 1. The van der Waals surface area contributed by atoms with Crippen LogP contribution in [0.15, 0.2) is 83.8 Å². The maximum absolute atomic E-state index is 12.8. The monoisotopic (exact) mass is 479 g/mol. The highest BCUT2D eigenvalue weighted by atomic mass is 32.2. The van der Waals surface area contributed by atoms with Gasteiger partial charge in [0.25, 0.3) is 0 Å². The number of ether oxygens (including phenoxy) is 1. The summed E-state index contributed by atoms with van der Waals surface area (Å²) in [5.41, 5.74) is 3.66. The first-order valence-electron chi connectivity index (χ1n) is 10.7. The standard InChI is InChI=1S/C25H25N3O5S/c1-18-26-22-9-5-6-10-24(22)28(18)15-19-11-13-21(14-12-19)34(31,32)27-23(25(29)30)17-33-16-20-7-3-2-4-8-20/h2-14,23,27H,15-17H2,1H3,(H,29,30)/t23-/m0/s1. The molecule has 0 fully saturated rings. The van der Waals surface area contributed by atoms with Gasteiger partial charge in [0.2, 0.25) is 10.0 Å². The molecule has 1 aromatic heterocycles. The number of carboxylic acid groups (broad SMARTS) is 1. The summed E-state index contributed by atoms with van der Waals surface area (Å²) in [6.07, 6.45) is 0. The molecule has 0 unspecified atom stereocenters. The van der Waals surface area contributed by atoms with Crippen molar-refractivity contribution >= 4 is 27.0 Å². The van der Waals surface area contributed by atoms with Gasteiger partial charge in [-0.1, -0.05) is 54.6 Å². The number of fused-ring (bicyclic) bond motifs is 1. The fourth-order valence-corrected chi connectivity index (χ4v) is 4.81. The number of hydrogen-bond acceptors (Lipinski definition) is 5. The van der Waals surface area contributed by atoms with Crippen molar-refractivity contribution in [2.45, 2.75) is 31.0 Å². The first kappa shape index (κ1) is 23.6. The quantitative estimate of drug-likeness (QED) is 0.361. The number of benzene rings is 3. The molecule has 0 saturated heterocycles. The lowest BCUT2D eigenvalue weighted by molar-refractivity contribution is -0.140. The van der Waals surface area contributed by atoms with Gasteiger partial charge >= 0.3 is 5.97 Å². The van der Waals surface area contributed by atoms with Crippen LogP contribution in [0.3, 0.4) is 0 Å². The van der Waals surface area contributed by atoms with E-state index in [0.717, 1.165) is 28.0 Å². The van der Waals surface area contributed by atoms with Crippen LogP contribution in [0, 0.1) is 6.92 Å². The van der Waals surface area contributed by atoms with Crippen LogP contribution in [-0.2, 0) is 32.7 Å². The molecule has 0 aliphatic heterocycles. The van der Waals surface area contributed by atoms with Gasteiger partial charge in [0.15, 0.2) is 0 Å². The number of imidazole rings is 1. The lowest BCUT2D eigenvalue weighted by atomic mass is 10.2. The van der Waals surface area contributed by atoms with Crippen LogP contribution in [0.1, 0.15) is 17.0 Å². The average Bonchev–Trinajstić information content (AvgIpc) is 3.14. The fourth-order valence-electron chi connectivity index (χ4n) is 3.63. The van der Waals surface area contributed by atoms with Crippen molar-refractivity contribution in [1.29, 1.82) is 0 Å². The molecule has 0 aliphatic rings. The van der Waals surface area contributed by atoms with Crippen molar-refractivity contribution in [3.8, 4) is 0 Å².